The zero-order valence-corrected chi connectivity index (χ0v) is 82.1. The molecule has 728 valence electrons. The van der Waals surface area contributed by atoms with Crippen molar-refractivity contribution in [3.8, 4) is 6.07 Å². The van der Waals surface area contributed by atoms with Gasteiger partial charge in [0, 0.05) is 90.4 Å². The smallest absolute Gasteiger partial charge is 0.330 e. The van der Waals surface area contributed by atoms with Gasteiger partial charge in [0.2, 0.25) is 26.2 Å². The molecule has 1 aromatic carbocycles. The Morgan fingerprint density at radius 3 is 1.19 bits per heavy atom. The summed E-state index contributed by atoms with van der Waals surface area (Å²) >= 11 is 25.1. The van der Waals surface area contributed by atoms with Crippen molar-refractivity contribution >= 4 is 106 Å². The number of aromatic amines is 4. The molecule has 20 atom stereocenters. The van der Waals surface area contributed by atoms with E-state index in [-0.39, 0.29) is 149 Å². The molecule has 5 N–H and O–H groups in total. The quantitative estimate of drug-likeness (QED) is 0.0136. The van der Waals surface area contributed by atoms with Crippen molar-refractivity contribution in [2.75, 3.05) is 97.6 Å². The number of rotatable bonds is 48. The van der Waals surface area contributed by atoms with E-state index in [1.807, 2.05) is 39.3 Å². The normalized spacial score (nSPS) is 24.8. The summed E-state index contributed by atoms with van der Waals surface area (Å²) < 4.78 is 133. The van der Waals surface area contributed by atoms with Gasteiger partial charge in [0.25, 0.3) is 36.7 Å². The van der Waals surface area contributed by atoms with E-state index in [1.165, 1.54) is 78.8 Å². The van der Waals surface area contributed by atoms with Crippen LogP contribution in [0.25, 0.3) is 30.5 Å². The Hall–Kier alpha value is -8.36. The molecule has 0 saturated carbocycles. The third-order valence-corrected chi connectivity index (χ3v) is 33.1. The lowest BCUT2D eigenvalue weighted by Crippen LogP contribution is -2.36. The Kier molecular flexibility index (Phi) is 37.5. The van der Waals surface area contributed by atoms with Crippen molar-refractivity contribution < 1.29 is 91.8 Å². The Morgan fingerprint density at radius 1 is 0.496 bits per heavy atom. The van der Waals surface area contributed by atoms with Gasteiger partial charge in [-0.3, -0.25) is 66.7 Å². The van der Waals surface area contributed by atoms with E-state index in [2.05, 4.69) is 65.7 Å². The van der Waals surface area contributed by atoms with Gasteiger partial charge in [-0.1, -0.05) is 25.1 Å². The summed E-state index contributed by atoms with van der Waals surface area (Å²) in [6.07, 6.45) is -9.53. The average Bonchev–Trinajstić information content (AvgIpc) is 2.21. The largest absolute Gasteiger partial charge is 0.352 e. The third kappa shape index (κ3) is 27.4. The third-order valence-electron chi connectivity index (χ3n) is 21.5. The van der Waals surface area contributed by atoms with Gasteiger partial charge in [0.05, 0.1) is 89.0 Å². The topological polar surface area (TPSA) is 512 Å². The van der Waals surface area contributed by atoms with Crippen molar-refractivity contribution in [3.63, 3.8) is 0 Å². The number of hydrogen-bond acceptors (Lipinski definition) is 37. The van der Waals surface area contributed by atoms with E-state index < -0.39 is 205 Å². The minimum absolute atomic E-state index is 0.0151. The highest BCUT2D eigenvalue weighted by molar-refractivity contribution is 8.08. The fraction of sp³-hybridized carbons (Fsp3) is 0.582. The number of aryl methyl sites for hydroxylation is 4. The Morgan fingerprint density at radius 2 is 0.837 bits per heavy atom. The van der Waals surface area contributed by atoms with E-state index in [0.717, 1.165) is 9.13 Å². The Bertz CT molecular complexity index is 6320. The van der Waals surface area contributed by atoms with Crippen molar-refractivity contribution in [1.29, 1.82) is 5.26 Å². The van der Waals surface area contributed by atoms with Crippen LogP contribution in [0.2, 0.25) is 0 Å². The number of carbonyl (C=O) groups is 1. The lowest BCUT2D eigenvalue weighted by molar-refractivity contribution is -0.0590. The highest BCUT2D eigenvalue weighted by Crippen LogP contribution is 2.60. The highest BCUT2D eigenvalue weighted by atomic mass is 32.5. The molecule has 5 aliphatic rings. The number of hydrogen-bond donors (Lipinski definition) is 5. The van der Waals surface area contributed by atoms with Crippen LogP contribution in [0, 0.1) is 71.2 Å². The molecule has 47 nitrogen and oxygen atoms in total. The minimum atomic E-state index is -4.43. The van der Waals surface area contributed by atoms with Crippen LogP contribution in [-0.4, -0.2) is 228 Å². The van der Waals surface area contributed by atoms with Gasteiger partial charge >= 0.3 is 49.6 Å². The molecule has 12 rings (SSSR count). The second kappa shape index (κ2) is 48.0. The molecule has 7 aromatic rings. The second-order valence-electron chi connectivity index (χ2n) is 31.8. The number of anilines is 1. The van der Waals surface area contributed by atoms with Crippen LogP contribution in [0.15, 0.2) is 106 Å². The monoisotopic (exact) mass is 2050 g/mol. The van der Waals surface area contributed by atoms with Crippen molar-refractivity contribution in [1.82, 2.24) is 62.4 Å². The van der Waals surface area contributed by atoms with E-state index in [0.29, 0.717) is 12.0 Å². The first-order valence-corrected chi connectivity index (χ1v) is 53.8. The van der Waals surface area contributed by atoms with E-state index in [9.17, 15) is 48.4 Å². The zero-order valence-electron chi connectivity index (χ0n) is 74.4. The van der Waals surface area contributed by atoms with Gasteiger partial charge in [-0.05, 0) is 127 Å². The van der Waals surface area contributed by atoms with Gasteiger partial charge in [-0.25, -0.2) is 65.1 Å². The molecule has 0 bridgehead atoms. The van der Waals surface area contributed by atoms with Gasteiger partial charge in [-0.15, -0.1) is 0 Å². The van der Waals surface area contributed by atoms with E-state index in [4.69, 9.17) is 161 Å². The fourth-order valence-corrected chi connectivity index (χ4v) is 25.0. The molecule has 1 amide bonds. The van der Waals surface area contributed by atoms with Crippen LogP contribution in [0.4, 0.5) is 5.82 Å². The van der Waals surface area contributed by atoms with Gasteiger partial charge in [0.1, 0.15) is 88.3 Å². The first kappa shape index (κ1) is 106. The van der Waals surface area contributed by atoms with Gasteiger partial charge < -0.3 is 112 Å². The van der Waals surface area contributed by atoms with Crippen LogP contribution in [0.5, 0.6) is 0 Å². The molecular formula is C79H100N19O28P5S4. The first-order valence-electron chi connectivity index (χ1n) is 42.4. The lowest BCUT2D eigenvalue weighted by atomic mass is 10.0. The molecule has 5 fully saturated rings. The summed E-state index contributed by atoms with van der Waals surface area (Å²) in [5.41, 5.74) is -4.68. The number of imidazole rings is 1. The van der Waals surface area contributed by atoms with Crippen LogP contribution < -0.4 is 50.3 Å². The van der Waals surface area contributed by atoms with E-state index >= 15 is 0 Å². The van der Waals surface area contributed by atoms with Crippen LogP contribution >= 0.6 is 35.4 Å². The molecule has 56 heteroatoms. The summed E-state index contributed by atoms with van der Waals surface area (Å²) in [7, 11) is -1.91. The van der Waals surface area contributed by atoms with Crippen LogP contribution in [0.3, 0.4) is 0 Å². The van der Waals surface area contributed by atoms with Crippen LogP contribution in [0.1, 0.15) is 137 Å². The molecule has 135 heavy (non-hydrogen) atoms. The maximum atomic E-state index is 14.0. The Balaban J connectivity index is 0.861. The summed E-state index contributed by atoms with van der Waals surface area (Å²) in [5, 5.41) is 12.3. The average molecular weight is 2050 g/mol. The second-order valence-corrected chi connectivity index (χ2v) is 45.1. The maximum absolute atomic E-state index is 14.0. The number of nitriles is 1. The molecule has 5 saturated heterocycles. The number of benzene rings is 1. The molecule has 11 heterocycles. The summed E-state index contributed by atoms with van der Waals surface area (Å²) in [6.45, 7) is 24.4. The van der Waals surface area contributed by atoms with Gasteiger partial charge in [0.15, 0.2) is 17.0 Å². The summed E-state index contributed by atoms with van der Waals surface area (Å²) in [6, 6.07) is 10.2. The van der Waals surface area contributed by atoms with Gasteiger partial charge in [-0.2, -0.15) is 5.26 Å². The number of ether oxygens (including phenoxy) is 5. The predicted octanol–water partition coefficient (Wildman–Crippen LogP) is 8.13. The molecule has 0 radical (unpaired) electrons. The molecular weight excluding hydrogens is 1950 g/mol. The van der Waals surface area contributed by atoms with Crippen molar-refractivity contribution in [2.24, 2.45) is 5.92 Å². The number of amides is 1. The number of nitrogens with one attached hydrogen (secondary N) is 5. The number of H-pyrrole nitrogens is 4. The highest BCUT2D eigenvalue weighted by Gasteiger charge is 2.51. The molecule has 6 aromatic heterocycles. The van der Waals surface area contributed by atoms with E-state index in [1.54, 1.807) is 30.3 Å². The number of fused-ring (bicyclic) bond motifs is 1. The molecule has 5 unspecified atom stereocenters. The first-order chi connectivity index (χ1) is 64.5. The Labute approximate surface area is 793 Å². The summed E-state index contributed by atoms with van der Waals surface area (Å²) in [5.74, 6) is -0.778. The molecule has 0 aliphatic carbocycles. The fourth-order valence-electron chi connectivity index (χ4n) is 14.9. The van der Waals surface area contributed by atoms with Crippen LogP contribution in [-0.2, 0) is 134 Å². The SMILES string of the molecule is [C-]#[N+]CCOP(=S)(OC[C@H]1O[C@@H](n2cnc3c(NC(=O)c4ccccc4)ncnc32)C[C@H]1OP(=S)(OCC[N+]#[C-])OC[C@H]1O[C@@H](n2cc(C)c(=O)[nH]c2=O)C[C@H]1OP(=S)(OCC[N+]#[C-])OC[C@H]1O[C@@H](n2cc(C)c(=O)[nH]c2=O)C[C@H]1OP(=S)(OCC[N+]#[C-])OC[C@H]1O[C@@H](n2cc(C)c(=O)[nH]c2=O)C[C@H]1C)O[C@@H]1C[C@H](n2cc(C)c(=O)[nH]c2=O)O[C@@H]1COP(OCCC#N)N(C(C)C)C(C)C. The zero-order chi connectivity index (χ0) is 97.2. The van der Waals surface area contributed by atoms with Crippen molar-refractivity contribution in [3.05, 3.63) is 225 Å². The number of aromatic nitrogens is 12. The summed E-state index contributed by atoms with van der Waals surface area (Å²) in [4.78, 5) is 155. The minimum Gasteiger partial charge on any atom is -0.352 e. The predicted molar refractivity (Wildman–Crippen MR) is 497 cm³/mol. The lowest BCUT2D eigenvalue weighted by Gasteiger charge is -2.36. The maximum Gasteiger partial charge on any atom is 0.330 e. The number of nitrogens with zero attached hydrogens (tertiary/aromatic N) is 14. The molecule has 5 aliphatic heterocycles. The standard InChI is InChI=1S/C79H100N19O28P5S4/c1-46(2)98(47(3)4)127(108-25-17-20-80)109-39-59-54(31-64(119-59)94-36-50(7)72(100)90-77(94)105)123-129(133,111-27-22-82-11)117-43-62-57(34-67(122-62)97-45-87-68-69(85-44-86-70(68)97)88-75(103)53-18-15-14-16-19-53)126-131(135,113-29-24-84-13)116-42-61-56(33-66(121-61)96-38-52(9)74(102)92-79(96)107)125-130(134,112-28-23-83-12)115-41-60-55(32-65(120-60)95-37-51(8)73(101)91-78(95)106)124-128(132,110-26-21-81-10)114-40-58-48(5)30-63(118-58)93-35-49(6)71(99)89-76(93)104/h14-16,18-19,35-38,44-48,54-67H,17,21-34,39-43H2,1-9H3,(H,89,99,104)(H,90,100,105)(H,91,101,106)(H,92,102,107)(H,85,86,88,103)/t48-,54-,55-,56-,57-,58-,59-,60-,61-,62-,63-,64-,65-,66-,67-,127?,128?,129?,130?,131?/m1/s1. The molecule has 0 spiro atoms. The van der Waals surface area contributed by atoms with Crippen molar-refractivity contribution in [2.45, 2.75) is 199 Å². The number of carbonyl (C=O) groups excluding carboxylic acids is 1.